The van der Waals surface area contributed by atoms with Crippen LogP contribution >= 0.6 is 0 Å². The molecule has 1 heterocycles. The molecule has 1 unspecified atom stereocenters. The summed E-state index contributed by atoms with van der Waals surface area (Å²) in [6, 6.07) is 5.28. The predicted octanol–water partition coefficient (Wildman–Crippen LogP) is 3.29. The quantitative estimate of drug-likeness (QED) is 0.583. The molecule has 4 nitrogen and oxygen atoms in total. The van der Waals surface area contributed by atoms with Crippen LogP contribution in [-0.4, -0.2) is 10.5 Å². The minimum atomic E-state index is -0.319. The maximum absolute atomic E-state index is 11.0. The highest BCUT2D eigenvalue weighted by atomic mass is 16.6. The highest BCUT2D eigenvalue weighted by molar-refractivity contribution is 5.69. The molecule has 0 aromatic heterocycles. The summed E-state index contributed by atoms with van der Waals surface area (Å²) in [5.74, 6) is 0.353. The third kappa shape index (κ3) is 1.75. The first-order chi connectivity index (χ1) is 7.41. The van der Waals surface area contributed by atoms with E-state index in [1.165, 1.54) is 0 Å². The van der Waals surface area contributed by atoms with Crippen molar-refractivity contribution in [3.05, 3.63) is 33.9 Å². The van der Waals surface area contributed by atoms with Gasteiger partial charge in [0.25, 0.3) is 5.69 Å². The summed E-state index contributed by atoms with van der Waals surface area (Å²) >= 11 is 0. The Morgan fingerprint density at radius 2 is 2.19 bits per heavy atom. The lowest BCUT2D eigenvalue weighted by molar-refractivity contribution is -0.384. The topological polar surface area (TPSA) is 55.2 Å². The molecule has 4 heteroatoms. The molecule has 16 heavy (non-hydrogen) atoms. The van der Waals surface area contributed by atoms with Crippen LogP contribution in [0, 0.1) is 10.1 Å². The maximum atomic E-state index is 11.0. The van der Waals surface area contributed by atoms with E-state index in [1.54, 1.807) is 12.1 Å². The van der Waals surface area contributed by atoms with Gasteiger partial charge in [0.2, 0.25) is 0 Å². The molecule has 2 rings (SSSR count). The molecular weight excluding hydrogens is 204 g/mol. The molecule has 1 atom stereocenters. The van der Waals surface area contributed by atoms with Gasteiger partial charge < -0.3 is 5.32 Å². The summed E-state index contributed by atoms with van der Waals surface area (Å²) in [6.45, 7) is 6.26. The van der Waals surface area contributed by atoms with Crippen molar-refractivity contribution in [3.63, 3.8) is 0 Å². The molecule has 1 aromatic carbocycles. The Balaban J connectivity index is 2.57. The number of hydrogen-bond acceptors (Lipinski definition) is 3. The molecule has 86 valence electrons. The molecule has 0 amide bonds. The highest BCUT2D eigenvalue weighted by Crippen LogP contribution is 2.42. The first-order valence-electron chi connectivity index (χ1n) is 5.46. The molecular formula is C12H16N2O2. The van der Waals surface area contributed by atoms with E-state index in [0.29, 0.717) is 11.6 Å². The molecule has 1 aliphatic heterocycles. The summed E-state index contributed by atoms with van der Waals surface area (Å²) in [5, 5.41) is 14.2. The smallest absolute Gasteiger partial charge is 0.292 e. The molecule has 0 saturated heterocycles. The molecule has 0 radical (unpaired) electrons. The molecule has 0 spiro atoms. The van der Waals surface area contributed by atoms with Crippen molar-refractivity contribution in [2.75, 3.05) is 5.32 Å². The molecule has 1 N–H and O–H groups in total. The van der Waals surface area contributed by atoms with Crippen molar-refractivity contribution < 1.29 is 4.92 Å². The summed E-state index contributed by atoms with van der Waals surface area (Å²) in [7, 11) is 0. The number of nitro benzene ring substituents is 1. The summed E-state index contributed by atoms with van der Waals surface area (Å²) < 4.78 is 0. The fourth-order valence-electron chi connectivity index (χ4n) is 2.52. The number of para-hydroxylation sites is 1. The molecule has 0 aliphatic carbocycles. The number of rotatable bonds is 1. The Morgan fingerprint density at radius 1 is 1.50 bits per heavy atom. The van der Waals surface area contributed by atoms with Crippen molar-refractivity contribution in [1.82, 2.24) is 0 Å². The lowest BCUT2D eigenvalue weighted by Crippen LogP contribution is -2.36. The number of fused-ring (bicyclic) bond motifs is 1. The minimum Gasteiger partial charge on any atom is -0.374 e. The lowest BCUT2D eigenvalue weighted by Gasteiger charge is -2.37. The van der Waals surface area contributed by atoms with E-state index in [-0.39, 0.29) is 16.1 Å². The van der Waals surface area contributed by atoms with Crippen LogP contribution in [0.1, 0.15) is 38.7 Å². The van der Waals surface area contributed by atoms with Crippen LogP contribution in [-0.2, 0) is 0 Å². The van der Waals surface area contributed by atoms with Crippen LogP contribution < -0.4 is 5.32 Å². The van der Waals surface area contributed by atoms with E-state index >= 15 is 0 Å². The van der Waals surface area contributed by atoms with Gasteiger partial charge in [-0.15, -0.1) is 0 Å². The predicted molar refractivity (Wildman–Crippen MR) is 63.8 cm³/mol. The second-order valence-corrected chi connectivity index (χ2v) is 5.11. The average Bonchev–Trinajstić information content (AvgIpc) is 2.14. The Hall–Kier alpha value is -1.58. The minimum absolute atomic E-state index is 0.0848. The zero-order valence-electron chi connectivity index (χ0n) is 9.78. The maximum Gasteiger partial charge on any atom is 0.292 e. The zero-order chi connectivity index (χ0) is 11.9. The van der Waals surface area contributed by atoms with Crippen LogP contribution in [0.5, 0.6) is 0 Å². The number of hydrogen-bond donors (Lipinski definition) is 1. The van der Waals surface area contributed by atoms with E-state index in [1.807, 2.05) is 6.07 Å². The van der Waals surface area contributed by atoms with Gasteiger partial charge in [0.1, 0.15) is 5.69 Å². The number of nitrogens with zero attached hydrogens (tertiary/aromatic N) is 1. The first kappa shape index (κ1) is 10.9. The SMILES string of the molecule is CC1CC(C)(C)Nc2c1cccc2[N+](=O)[O-]. The molecule has 0 fully saturated rings. The fourth-order valence-corrected chi connectivity index (χ4v) is 2.52. The number of nitro groups is 1. The zero-order valence-corrected chi connectivity index (χ0v) is 9.78. The number of benzene rings is 1. The van der Waals surface area contributed by atoms with Gasteiger partial charge in [0, 0.05) is 11.6 Å². The summed E-state index contributed by atoms with van der Waals surface area (Å²) in [6.07, 6.45) is 0.987. The number of anilines is 1. The van der Waals surface area contributed by atoms with Gasteiger partial charge in [-0.25, -0.2) is 0 Å². The van der Waals surface area contributed by atoms with E-state index in [0.717, 1.165) is 12.0 Å². The van der Waals surface area contributed by atoms with Crippen molar-refractivity contribution in [3.8, 4) is 0 Å². The van der Waals surface area contributed by atoms with Gasteiger partial charge in [-0.3, -0.25) is 10.1 Å². The van der Waals surface area contributed by atoms with Gasteiger partial charge in [0.15, 0.2) is 0 Å². The average molecular weight is 220 g/mol. The summed E-state index contributed by atoms with van der Waals surface area (Å²) in [5.41, 5.74) is 1.83. The van der Waals surface area contributed by atoms with Crippen LogP contribution in [0.3, 0.4) is 0 Å². The molecule has 1 aromatic rings. The third-order valence-corrected chi connectivity index (χ3v) is 3.08. The van der Waals surface area contributed by atoms with E-state index in [9.17, 15) is 10.1 Å². The Morgan fingerprint density at radius 3 is 2.81 bits per heavy atom. The largest absolute Gasteiger partial charge is 0.374 e. The van der Waals surface area contributed by atoms with Gasteiger partial charge in [-0.1, -0.05) is 19.1 Å². The van der Waals surface area contributed by atoms with E-state index < -0.39 is 0 Å². The second-order valence-electron chi connectivity index (χ2n) is 5.11. The standard InChI is InChI=1S/C12H16N2O2/c1-8-7-12(2,3)13-11-9(8)5-4-6-10(11)14(15)16/h4-6,8,13H,7H2,1-3H3. The monoisotopic (exact) mass is 220 g/mol. The van der Waals surface area contributed by atoms with Crippen LogP contribution in [0.25, 0.3) is 0 Å². The Labute approximate surface area is 94.8 Å². The van der Waals surface area contributed by atoms with Gasteiger partial charge in [-0.2, -0.15) is 0 Å². The van der Waals surface area contributed by atoms with E-state index in [4.69, 9.17) is 0 Å². The van der Waals surface area contributed by atoms with Crippen molar-refractivity contribution in [2.24, 2.45) is 0 Å². The van der Waals surface area contributed by atoms with Crippen LogP contribution in [0.15, 0.2) is 18.2 Å². The normalized spacial score (nSPS) is 22.1. The first-order valence-corrected chi connectivity index (χ1v) is 5.46. The van der Waals surface area contributed by atoms with Crippen molar-refractivity contribution in [2.45, 2.75) is 38.6 Å². The molecule has 1 aliphatic rings. The third-order valence-electron chi connectivity index (χ3n) is 3.08. The summed E-state index contributed by atoms with van der Waals surface area (Å²) in [4.78, 5) is 10.6. The number of nitrogens with one attached hydrogen (secondary N) is 1. The van der Waals surface area contributed by atoms with Crippen LogP contribution in [0.2, 0.25) is 0 Å². The van der Waals surface area contributed by atoms with Crippen molar-refractivity contribution in [1.29, 1.82) is 0 Å². The Bertz CT molecular complexity index is 441. The fraction of sp³-hybridized carbons (Fsp3) is 0.500. The lowest BCUT2D eigenvalue weighted by atomic mass is 9.81. The highest BCUT2D eigenvalue weighted by Gasteiger charge is 2.33. The van der Waals surface area contributed by atoms with Crippen molar-refractivity contribution >= 4 is 11.4 Å². The second kappa shape index (κ2) is 3.47. The van der Waals surface area contributed by atoms with Crippen LogP contribution in [0.4, 0.5) is 11.4 Å². The van der Waals surface area contributed by atoms with E-state index in [2.05, 4.69) is 26.1 Å². The Kier molecular flexibility index (Phi) is 2.37. The molecule has 0 bridgehead atoms. The van der Waals surface area contributed by atoms with Gasteiger partial charge >= 0.3 is 0 Å². The van der Waals surface area contributed by atoms with Gasteiger partial charge in [0.05, 0.1) is 4.92 Å². The molecule has 0 saturated carbocycles. The van der Waals surface area contributed by atoms with Gasteiger partial charge in [-0.05, 0) is 31.7 Å².